The molecule has 0 aromatic heterocycles. The SMILES string of the molecule is Cc1cccc(CN(C(=O)CN(c2cccc([N+](=O)[O-])c2)S(C)(=O)=O)[C@@H](Cc2ccccc2)C(=O)NC(C)C)c1. The van der Waals surface area contributed by atoms with Crippen molar-refractivity contribution in [2.45, 2.75) is 45.8 Å². The second kappa shape index (κ2) is 13.2. The van der Waals surface area contributed by atoms with E-state index in [4.69, 9.17) is 0 Å². The Kier molecular flexibility index (Phi) is 10.0. The Bertz CT molecular complexity index is 1460. The molecule has 3 rings (SSSR count). The number of non-ortho nitro benzene ring substituents is 1. The number of sulfonamides is 1. The predicted molar refractivity (Wildman–Crippen MR) is 154 cm³/mol. The maximum atomic E-state index is 14.0. The summed E-state index contributed by atoms with van der Waals surface area (Å²) in [7, 11) is -4.03. The van der Waals surface area contributed by atoms with E-state index in [2.05, 4.69) is 5.32 Å². The number of nitro benzene ring substituents is 1. The Morgan fingerprint density at radius 2 is 1.60 bits per heavy atom. The Morgan fingerprint density at radius 1 is 0.950 bits per heavy atom. The van der Waals surface area contributed by atoms with Crippen molar-refractivity contribution in [3.63, 3.8) is 0 Å². The van der Waals surface area contributed by atoms with Crippen molar-refractivity contribution >= 4 is 33.2 Å². The summed E-state index contributed by atoms with van der Waals surface area (Å²) in [6.45, 7) is 4.95. The highest BCUT2D eigenvalue weighted by atomic mass is 32.2. The standard InChI is InChI=1S/C29H34N4O6S/c1-21(2)30-29(35)27(17-23-11-6-5-7-12-23)31(19-24-13-8-10-22(3)16-24)28(34)20-32(40(4,38)39)25-14-9-15-26(18-25)33(36)37/h5-16,18,21,27H,17,19-20H2,1-4H3,(H,30,35)/t27-/m0/s1. The van der Waals surface area contributed by atoms with Gasteiger partial charge in [-0.15, -0.1) is 0 Å². The number of amides is 2. The van der Waals surface area contributed by atoms with Gasteiger partial charge in [0.2, 0.25) is 21.8 Å². The first-order chi connectivity index (χ1) is 18.8. The number of aryl methyl sites for hydroxylation is 1. The van der Waals surface area contributed by atoms with Crippen LogP contribution in [0.2, 0.25) is 0 Å². The van der Waals surface area contributed by atoms with E-state index >= 15 is 0 Å². The topological polar surface area (TPSA) is 130 Å². The second-order valence-corrected chi connectivity index (χ2v) is 11.8. The molecular weight excluding hydrogens is 532 g/mol. The minimum absolute atomic E-state index is 0.0215. The molecule has 0 radical (unpaired) electrons. The van der Waals surface area contributed by atoms with E-state index in [0.29, 0.717) is 0 Å². The fourth-order valence-corrected chi connectivity index (χ4v) is 5.16. The minimum atomic E-state index is -4.03. The molecule has 0 aliphatic rings. The van der Waals surface area contributed by atoms with Crippen LogP contribution in [0.5, 0.6) is 0 Å². The normalized spacial score (nSPS) is 12.0. The molecule has 0 saturated heterocycles. The molecule has 0 spiro atoms. The maximum absolute atomic E-state index is 14.0. The average molecular weight is 567 g/mol. The van der Waals surface area contributed by atoms with Gasteiger partial charge in [0.15, 0.2) is 0 Å². The summed E-state index contributed by atoms with van der Waals surface area (Å²) in [4.78, 5) is 39.6. The molecule has 0 unspecified atom stereocenters. The fraction of sp³-hybridized carbons (Fsp3) is 0.310. The summed E-state index contributed by atoms with van der Waals surface area (Å²) < 4.78 is 26.5. The van der Waals surface area contributed by atoms with Gasteiger partial charge >= 0.3 is 0 Å². The molecule has 3 aromatic carbocycles. The lowest BCUT2D eigenvalue weighted by Gasteiger charge is -2.34. The zero-order valence-corrected chi connectivity index (χ0v) is 23.8. The first-order valence-electron chi connectivity index (χ1n) is 12.8. The van der Waals surface area contributed by atoms with Crippen LogP contribution in [0, 0.1) is 17.0 Å². The molecule has 10 nitrogen and oxygen atoms in total. The predicted octanol–water partition coefficient (Wildman–Crippen LogP) is 3.83. The Morgan fingerprint density at radius 3 is 2.20 bits per heavy atom. The Labute approximate surface area is 234 Å². The summed E-state index contributed by atoms with van der Waals surface area (Å²) >= 11 is 0. The average Bonchev–Trinajstić information content (AvgIpc) is 2.88. The summed E-state index contributed by atoms with van der Waals surface area (Å²) in [5, 5.41) is 14.2. The highest BCUT2D eigenvalue weighted by Gasteiger charge is 2.33. The summed E-state index contributed by atoms with van der Waals surface area (Å²) in [5.74, 6) is -1.00. The van der Waals surface area contributed by atoms with Gasteiger partial charge in [0.1, 0.15) is 12.6 Å². The van der Waals surface area contributed by atoms with Crippen molar-refractivity contribution in [1.82, 2.24) is 10.2 Å². The van der Waals surface area contributed by atoms with Crippen LogP contribution in [-0.4, -0.2) is 54.9 Å². The van der Waals surface area contributed by atoms with E-state index in [1.807, 2.05) is 75.4 Å². The molecule has 1 atom stereocenters. The van der Waals surface area contributed by atoms with Gasteiger partial charge in [0, 0.05) is 31.1 Å². The van der Waals surface area contributed by atoms with Crippen LogP contribution in [0.4, 0.5) is 11.4 Å². The van der Waals surface area contributed by atoms with Gasteiger partial charge in [-0.05, 0) is 38.0 Å². The number of hydrogen-bond donors (Lipinski definition) is 1. The lowest BCUT2D eigenvalue weighted by Crippen LogP contribution is -2.54. The van der Waals surface area contributed by atoms with Crippen LogP contribution in [0.1, 0.15) is 30.5 Å². The Balaban J connectivity index is 2.07. The first-order valence-corrected chi connectivity index (χ1v) is 14.6. The quantitative estimate of drug-likeness (QED) is 0.262. The molecule has 0 saturated carbocycles. The third-order valence-electron chi connectivity index (χ3n) is 6.15. The van der Waals surface area contributed by atoms with E-state index < -0.39 is 33.4 Å². The third-order valence-corrected chi connectivity index (χ3v) is 7.29. The molecule has 1 N–H and O–H groups in total. The van der Waals surface area contributed by atoms with Gasteiger partial charge in [0.25, 0.3) is 5.69 Å². The lowest BCUT2D eigenvalue weighted by atomic mass is 10.0. The molecule has 212 valence electrons. The van der Waals surface area contributed by atoms with Crippen molar-refractivity contribution in [2.24, 2.45) is 0 Å². The van der Waals surface area contributed by atoms with Crippen LogP contribution in [-0.2, 0) is 32.6 Å². The van der Waals surface area contributed by atoms with Crippen molar-refractivity contribution in [3.8, 4) is 0 Å². The Hall–Kier alpha value is -4.25. The van der Waals surface area contributed by atoms with Gasteiger partial charge < -0.3 is 10.2 Å². The number of hydrogen-bond acceptors (Lipinski definition) is 6. The summed E-state index contributed by atoms with van der Waals surface area (Å²) in [6, 6.07) is 20.7. The number of rotatable bonds is 12. The van der Waals surface area contributed by atoms with E-state index in [1.54, 1.807) is 0 Å². The smallest absolute Gasteiger partial charge is 0.271 e. The zero-order chi connectivity index (χ0) is 29.4. The first kappa shape index (κ1) is 30.3. The van der Waals surface area contributed by atoms with Crippen molar-refractivity contribution in [2.75, 3.05) is 17.1 Å². The van der Waals surface area contributed by atoms with Crippen molar-refractivity contribution in [3.05, 3.63) is 106 Å². The second-order valence-electron chi connectivity index (χ2n) is 9.93. The van der Waals surface area contributed by atoms with Gasteiger partial charge in [-0.1, -0.05) is 66.2 Å². The van der Waals surface area contributed by atoms with Crippen LogP contribution in [0.15, 0.2) is 78.9 Å². The van der Waals surface area contributed by atoms with Gasteiger partial charge in [-0.25, -0.2) is 8.42 Å². The monoisotopic (exact) mass is 566 g/mol. The van der Waals surface area contributed by atoms with Gasteiger partial charge in [-0.2, -0.15) is 0 Å². The molecule has 11 heteroatoms. The summed E-state index contributed by atoms with van der Waals surface area (Å²) in [5.41, 5.74) is 2.22. The molecule has 40 heavy (non-hydrogen) atoms. The van der Waals surface area contributed by atoms with E-state index in [1.165, 1.54) is 23.1 Å². The third kappa shape index (κ3) is 8.37. The van der Waals surface area contributed by atoms with Crippen molar-refractivity contribution < 1.29 is 22.9 Å². The zero-order valence-electron chi connectivity index (χ0n) is 23.0. The van der Waals surface area contributed by atoms with Crippen LogP contribution in [0.3, 0.4) is 0 Å². The molecular formula is C29H34N4O6S. The molecule has 0 aliphatic carbocycles. The van der Waals surface area contributed by atoms with Crippen LogP contribution < -0.4 is 9.62 Å². The number of nitrogens with zero attached hydrogens (tertiary/aromatic N) is 3. The number of carbonyl (C=O) groups is 2. The number of anilines is 1. The summed E-state index contributed by atoms with van der Waals surface area (Å²) in [6.07, 6.45) is 1.13. The number of nitrogens with one attached hydrogen (secondary N) is 1. The molecule has 2 amide bonds. The minimum Gasteiger partial charge on any atom is -0.352 e. The van der Waals surface area contributed by atoms with Crippen LogP contribution in [0.25, 0.3) is 0 Å². The number of nitro groups is 1. The maximum Gasteiger partial charge on any atom is 0.271 e. The van der Waals surface area contributed by atoms with E-state index in [0.717, 1.165) is 33.3 Å². The van der Waals surface area contributed by atoms with Crippen molar-refractivity contribution in [1.29, 1.82) is 0 Å². The lowest BCUT2D eigenvalue weighted by molar-refractivity contribution is -0.384. The van der Waals surface area contributed by atoms with Gasteiger partial charge in [-0.3, -0.25) is 24.0 Å². The van der Waals surface area contributed by atoms with E-state index in [9.17, 15) is 28.1 Å². The molecule has 0 heterocycles. The van der Waals surface area contributed by atoms with Gasteiger partial charge in [0.05, 0.1) is 16.9 Å². The molecule has 0 aliphatic heterocycles. The molecule has 0 bridgehead atoms. The fourth-order valence-electron chi connectivity index (χ4n) is 4.32. The highest BCUT2D eigenvalue weighted by Crippen LogP contribution is 2.24. The van der Waals surface area contributed by atoms with E-state index in [-0.39, 0.29) is 36.3 Å². The molecule has 3 aromatic rings. The number of benzene rings is 3. The highest BCUT2D eigenvalue weighted by molar-refractivity contribution is 7.92. The largest absolute Gasteiger partial charge is 0.352 e. The molecule has 0 fully saturated rings. The number of carbonyl (C=O) groups excluding carboxylic acids is 2. The van der Waals surface area contributed by atoms with Crippen LogP contribution >= 0.6 is 0 Å².